The molecule has 6 heteroatoms. The van der Waals surface area contributed by atoms with E-state index in [0.717, 1.165) is 42.0 Å². The lowest BCUT2D eigenvalue weighted by molar-refractivity contribution is 0.0953. The molecule has 0 spiro atoms. The number of rotatable bonds is 4. The Morgan fingerprint density at radius 1 is 1.40 bits per heavy atom. The summed E-state index contributed by atoms with van der Waals surface area (Å²) in [4.78, 5) is 16.3. The molecule has 0 aliphatic carbocycles. The monoisotopic (exact) mass is 271 g/mol. The Kier molecular flexibility index (Phi) is 3.62. The second-order valence-corrected chi connectivity index (χ2v) is 4.80. The van der Waals surface area contributed by atoms with Crippen LogP contribution in [0.3, 0.4) is 0 Å². The molecule has 1 amide bonds. The summed E-state index contributed by atoms with van der Waals surface area (Å²) in [5.41, 5.74) is 2.97. The highest BCUT2D eigenvalue weighted by Gasteiger charge is 2.16. The summed E-state index contributed by atoms with van der Waals surface area (Å²) in [7, 11) is 0. The van der Waals surface area contributed by atoms with Crippen molar-refractivity contribution in [3.8, 4) is 0 Å². The fourth-order valence-electron chi connectivity index (χ4n) is 2.46. The maximum Gasteiger partial charge on any atom is 0.251 e. The van der Waals surface area contributed by atoms with Crippen LogP contribution in [0.5, 0.6) is 0 Å². The first-order valence-corrected chi connectivity index (χ1v) is 6.83. The molecule has 0 bridgehead atoms. The van der Waals surface area contributed by atoms with Crippen molar-refractivity contribution in [1.29, 1.82) is 0 Å². The summed E-state index contributed by atoms with van der Waals surface area (Å²) in [5, 5.41) is 12.8. The molecule has 3 rings (SSSR count). The fraction of sp³-hybridized carbons (Fsp3) is 0.357. The summed E-state index contributed by atoms with van der Waals surface area (Å²) in [6.45, 7) is 1.52. The molecular weight excluding hydrogens is 254 g/mol. The minimum atomic E-state index is -0.0231. The summed E-state index contributed by atoms with van der Waals surface area (Å²) in [6.07, 6.45) is 4.14. The lowest BCUT2D eigenvalue weighted by Gasteiger charge is -2.20. The zero-order valence-electron chi connectivity index (χ0n) is 11.1. The quantitative estimate of drug-likeness (QED) is 0.778. The van der Waals surface area contributed by atoms with Gasteiger partial charge in [0.05, 0.1) is 0 Å². The van der Waals surface area contributed by atoms with Gasteiger partial charge in [-0.1, -0.05) is 6.07 Å². The topological polar surface area (TPSA) is 82.7 Å². The van der Waals surface area contributed by atoms with Crippen LogP contribution in [0.1, 0.15) is 28.2 Å². The Bertz CT molecular complexity index is 594. The first-order valence-electron chi connectivity index (χ1n) is 6.83. The van der Waals surface area contributed by atoms with Crippen LogP contribution < -0.4 is 10.6 Å². The minimum absolute atomic E-state index is 0.0231. The van der Waals surface area contributed by atoms with Crippen molar-refractivity contribution in [2.45, 2.75) is 19.3 Å². The first kappa shape index (κ1) is 12.7. The molecule has 1 aromatic heterocycles. The molecule has 0 fully saturated rings. The first-order chi connectivity index (χ1) is 9.84. The van der Waals surface area contributed by atoms with Crippen LogP contribution >= 0.6 is 0 Å². The minimum Gasteiger partial charge on any atom is -0.385 e. The van der Waals surface area contributed by atoms with E-state index in [-0.39, 0.29) is 5.91 Å². The maximum atomic E-state index is 12.3. The highest BCUT2D eigenvalue weighted by molar-refractivity contribution is 5.97. The van der Waals surface area contributed by atoms with Crippen LogP contribution in [-0.4, -0.2) is 34.2 Å². The van der Waals surface area contributed by atoms with Gasteiger partial charge in [-0.2, -0.15) is 5.10 Å². The molecule has 104 valence electrons. The third kappa shape index (κ3) is 2.64. The molecule has 0 saturated carbocycles. The van der Waals surface area contributed by atoms with Crippen molar-refractivity contribution >= 4 is 11.6 Å². The van der Waals surface area contributed by atoms with Crippen molar-refractivity contribution in [2.24, 2.45) is 0 Å². The molecule has 0 unspecified atom stereocenters. The van der Waals surface area contributed by atoms with E-state index in [1.807, 2.05) is 18.2 Å². The van der Waals surface area contributed by atoms with Gasteiger partial charge in [-0.3, -0.25) is 9.89 Å². The lowest BCUT2D eigenvalue weighted by atomic mass is 9.97. The highest BCUT2D eigenvalue weighted by atomic mass is 16.1. The molecule has 6 nitrogen and oxygen atoms in total. The van der Waals surface area contributed by atoms with Gasteiger partial charge >= 0.3 is 0 Å². The van der Waals surface area contributed by atoms with E-state index in [1.54, 1.807) is 0 Å². The van der Waals surface area contributed by atoms with Crippen molar-refractivity contribution in [3.05, 3.63) is 41.5 Å². The molecule has 1 aliphatic rings. The zero-order chi connectivity index (χ0) is 13.8. The fourth-order valence-corrected chi connectivity index (χ4v) is 2.46. The van der Waals surface area contributed by atoms with E-state index in [1.165, 1.54) is 6.33 Å². The number of benzene rings is 1. The standard InChI is InChI=1S/C14H17N5O/c20-14(16-8-6-13-17-9-18-19-13)11-3-1-5-12-10(11)4-2-7-15-12/h1,3,5,9,15H,2,4,6-8H2,(H,16,20)(H,17,18,19). The number of carbonyl (C=O) groups excluding carboxylic acids is 1. The summed E-state index contributed by atoms with van der Waals surface area (Å²) < 4.78 is 0. The lowest BCUT2D eigenvalue weighted by Crippen LogP contribution is -2.28. The van der Waals surface area contributed by atoms with Crippen LogP contribution in [0.2, 0.25) is 0 Å². The second-order valence-electron chi connectivity index (χ2n) is 4.80. The molecule has 20 heavy (non-hydrogen) atoms. The number of hydrogen-bond donors (Lipinski definition) is 3. The van der Waals surface area contributed by atoms with Gasteiger partial charge in [0.25, 0.3) is 5.91 Å². The largest absolute Gasteiger partial charge is 0.385 e. The predicted octanol–water partition coefficient (Wildman–Crippen LogP) is 1.14. The third-order valence-electron chi connectivity index (χ3n) is 3.45. The Balaban J connectivity index is 1.65. The number of fused-ring (bicyclic) bond motifs is 1. The number of H-pyrrole nitrogens is 1. The van der Waals surface area contributed by atoms with Gasteiger partial charge < -0.3 is 10.6 Å². The number of anilines is 1. The predicted molar refractivity (Wildman–Crippen MR) is 75.7 cm³/mol. The summed E-state index contributed by atoms with van der Waals surface area (Å²) in [6, 6.07) is 5.83. The molecule has 1 aromatic carbocycles. The third-order valence-corrected chi connectivity index (χ3v) is 3.45. The van der Waals surface area contributed by atoms with Gasteiger partial charge in [0.1, 0.15) is 12.2 Å². The smallest absolute Gasteiger partial charge is 0.251 e. The molecule has 1 aliphatic heterocycles. The molecule has 0 radical (unpaired) electrons. The van der Waals surface area contributed by atoms with Gasteiger partial charge in [-0.25, -0.2) is 4.98 Å². The van der Waals surface area contributed by atoms with Crippen LogP contribution in [0.25, 0.3) is 0 Å². The normalized spacial score (nSPS) is 13.4. The van der Waals surface area contributed by atoms with Gasteiger partial charge in [0, 0.05) is 30.8 Å². The van der Waals surface area contributed by atoms with E-state index in [0.29, 0.717) is 13.0 Å². The van der Waals surface area contributed by atoms with E-state index < -0.39 is 0 Å². The molecule has 0 saturated heterocycles. The Morgan fingerprint density at radius 3 is 3.20 bits per heavy atom. The van der Waals surface area contributed by atoms with Crippen molar-refractivity contribution in [1.82, 2.24) is 20.5 Å². The summed E-state index contributed by atoms with van der Waals surface area (Å²) >= 11 is 0. The average molecular weight is 271 g/mol. The zero-order valence-corrected chi connectivity index (χ0v) is 11.1. The Labute approximate surface area is 117 Å². The molecular formula is C14H17N5O. The van der Waals surface area contributed by atoms with Gasteiger partial charge in [-0.15, -0.1) is 0 Å². The summed E-state index contributed by atoms with van der Waals surface area (Å²) in [5.74, 6) is 0.757. The number of aromatic nitrogens is 3. The Morgan fingerprint density at radius 2 is 2.35 bits per heavy atom. The Hall–Kier alpha value is -2.37. The number of hydrogen-bond acceptors (Lipinski definition) is 4. The van der Waals surface area contributed by atoms with Gasteiger partial charge in [0.15, 0.2) is 0 Å². The number of carbonyl (C=O) groups is 1. The van der Waals surface area contributed by atoms with E-state index >= 15 is 0 Å². The second kappa shape index (κ2) is 5.73. The van der Waals surface area contributed by atoms with E-state index in [2.05, 4.69) is 25.8 Å². The number of nitrogens with zero attached hydrogens (tertiary/aromatic N) is 2. The van der Waals surface area contributed by atoms with E-state index in [4.69, 9.17) is 0 Å². The van der Waals surface area contributed by atoms with Crippen molar-refractivity contribution < 1.29 is 4.79 Å². The number of amides is 1. The highest BCUT2D eigenvalue weighted by Crippen LogP contribution is 2.25. The molecule has 3 N–H and O–H groups in total. The maximum absolute atomic E-state index is 12.3. The van der Waals surface area contributed by atoms with Crippen LogP contribution in [0, 0.1) is 0 Å². The molecule has 0 atom stereocenters. The van der Waals surface area contributed by atoms with Crippen LogP contribution in [0.15, 0.2) is 24.5 Å². The number of aromatic amines is 1. The van der Waals surface area contributed by atoms with E-state index in [9.17, 15) is 4.79 Å². The molecule has 2 heterocycles. The molecule has 2 aromatic rings. The van der Waals surface area contributed by atoms with Gasteiger partial charge in [-0.05, 0) is 30.5 Å². The average Bonchev–Trinajstić information content (AvgIpc) is 3.00. The van der Waals surface area contributed by atoms with Crippen LogP contribution in [0.4, 0.5) is 5.69 Å². The van der Waals surface area contributed by atoms with Crippen molar-refractivity contribution in [2.75, 3.05) is 18.4 Å². The SMILES string of the molecule is O=C(NCCc1ncn[nH]1)c1cccc2c1CCCN2. The van der Waals surface area contributed by atoms with Crippen LogP contribution in [-0.2, 0) is 12.8 Å². The number of nitrogens with one attached hydrogen (secondary N) is 3. The van der Waals surface area contributed by atoms with Crippen molar-refractivity contribution in [3.63, 3.8) is 0 Å². The van der Waals surface area contributed by atoms with Gasteiger partial charge in [0.2, 0.25) is 0 Å².